The van der Waals surface area contributed by atoms with Gasteiger partial charge in [-0.2, -0.15) is 0 Å². The van der Waals surface area contributed by atoms with Crippen LogP contribution in [0, 0.1) is 5.41 Å². The quantitative estimate of drug-likeness (QED) is 0.317. The minimum atomic E-state index is -1.31. The van der Waals surface area contributed by atoms with Crippen molar-refractivity contribution in [2.45, 2.75) is 20.3 Å². The first-order valence-corrected chi connectivity index (χ1v) is 4.59. The average molecular weight is 226 g/mol. The van der Waals surface area contributed by atoms with Gasteiger partial charge in [0.05, 0.1) is 12.0 Å². The summed E-state index contributed by atoms with van der Waals surface area (Å²) in [6.45, 7) is 5.19. The van der Waals surface area contributed by atoms with E-state index in [9.17, 15) is 14.4 Å². The molecule has 1 unspecified atom stereocenters. The molecular weight excluding hydrogens is 212 g/mol. The van der Waals surface area contributed by atoms with Crippen LogP contribution in [0.15, 0.2) is 18.4 Å². The summed E-state index contributed by atoms with van der Waals surface area (Å²) in [6.07, 6.45) is 1.52. The summed E-state index contributed by atoms with van der Waals surface area (Å²) in [4.78, 5) is 33.3. The van der Waals surface area contributed by atoms with Gasteiger partial charge in [-0.1, -0.05) is 6.58 Å². The second-order valence-corrected chi connectivity index (χ2v) is 3.54. The van der Waals surface area contributed by atoms with Crippen molar-refractivity contribution in [3.63, 3.8) is 0 Å². The molecule has 0 amide bonds. The Morgan fingerprint density at radius 3 is 2.44 bits per heavy atom. The second kappa shape index (κ2) is 6.00. The van der Waals surface area contributed by atoms with Crippen LogP contribution in [0.5, 0.6) is 0 Å². The molecule has 5 nitrogen and oxygen atoms in total. The molecule has 0 aliphatic heterocycles. The van der Waals surface area contributed by atoms with Crippen LogP contribution in [-0.2, 0) is 19.1 Å². The first-order chi connectivity index (χ1) is 7.37. The van der Waals surface area contributed by atoms with Crippen LogP contribution >= 0.6 is 0 Å². The molecule has 0 saturated heterocycles. The molecule has 0 heterocycles. The Morgan fingerprint density at radius 1 is 1.50 bits per heavy atom. The highest BCUT2D eigenvalue weighted by Gasteiger charge is 2.37. The standard InChI is InChI=1S/C11H14O5/c1-4-5-6-11(3,7-12)9(14)10(15)16-8(2)13/h5,12H,1,6-7H2,2-3H3. The minimum absolute atomic E-state index is 0.0961. The normalized spacial score (nSPS) is 13.2. The maximum atomic E-state index is 11.6. The van der Waals surface area contributed by atoms with Gasteiger partial charge in [0.1, 0.15) is 0 Å². The van der Waals surface area contributed by atoms with Gasteiger partial charge >= 0.3 is 11.9 Å². The van der Waals surface area contributed by atoms with E-state index in [0.717, 1.165) is 6.92 Å². The molecule has 16 heavy (non-hydrogen) atoms. The highest BCUT2D eigenvalue weighted by atomic mass is 16.6. The lowest BCUT2D eigenvalue weighted by Crippen LogP contribution is -2.38. The fourth-order valence-electron chi connectivity index (χ4n) is 0.950. The third-order valence-electron chi connectivity index (χ3n) is 2.02. The lowest BCUT2D eigenvalue weighted by atomic mass is 9.83. The van der Waals surface area contributed by atoms with Crippen LogP contribution in [0.3, 0.4) is 0 Å². The van der Waals surface area contributed by atoms with Crippen molar-refractivity contribution in [2.75, 3.05) is 6.61 Å². The van der Waals surface area contributed by atoms with E-state index in [1.54, 1.807) is 0 Å². The number of ketones is 1. The minimum Gasteiger partial charge on any atom is -0.395 e. The third-order valence-corrected chi connectivity index (χ3v) is 2.02. The van der Waals surface area contributed by atoms with Crippen molar-refractivity contribution in [3.8, 4) is 0 Å². The molecule has 0 aromatic carbocycles. The van der Waals surface area contributed by atoms with Crippen LogP contribution in [-0.4, -0.2) is 29.4 Å². The van der Waals surface area contributed by atoms with Crippen molar-refractivity contribution in [2.24, 2.45) is 5.41 Å². The highest BCUT2D eigenvalue weighted by molar-refractivity contribution is 6.37. The SMILES string of the molecule is C=C=CCC(C)(CO)C(=O)C(=O)OC(C)=O. The number of esters is 2. The molecule has 88 valence electrons. The Kier molecular flexibility index (Phi) is 5.36. The van der Waals surface area contributed by atoms with Gasteiger partial charge in [0.2, 0.25) is 5.78 Å². The number of rotatable bonds is 5. The van der Waals surface area contributed by atoms with Crippen LogP contribution in [0.1, 0.15) is 20.3 Å². The summed E-state index contributed by atoms with van der Waals surface area (Å²) in [5.41, 5.74) is 1.13. The van der Waals surface area contributed by atoms with E-state index < -0.39 is 29.7 Å². The van der Waals surface area contributed by atoms with Crippen molar-refractivity contribution >= 4 is 17.7 Å². The first-order valence-electron chi connectivity index (χ1n) is 4.59. The van der Waals surface area contributed by atoms with E-state index in [0.29, 0.717) is 0 Å². The average Bonchev–Trinajstić information content (AvgIpc) is 2.23. The number of ether oxygens (including phenoxy) is 1. The van der Waals surface area contributed by atoms with Gasteiger partial charge in [0.25, 0.3) is 0 Å². The fourth-order valence-corrected chi connectivity index (χ4v) is 0.950. The van der Waals surface area contributed by atoms with Gasteiger partial charge in [-0.3, -0.25) is 9.59 Å². The van der Waals surface area contributed by atoms with Crippen molar-refractivity contribution < 1.29 is 24.2 Å². The number of hydrogen-bond donors (Lipinski definition) is 1. The molecule has 0 fully saturated rings. The van der Waals surface area contributed by atoms with Gasteiger partial charge in [-0.15, -0.1) is 5.73 Å². The van der Waals surface area contributed by atoms with Crippen molar-refractivity contribution in [1.82, 2.24) is 0 Å². The van der Waals surface area contributed by atoms with E-state index >= 15 is 0 Å². The van der Waals surface area contributed by atoms with Crippen LogP contribution in [0.25, 0.3) is 0 Å². The molecule has 1 atom stereocenters. The number of aliphatic hydroxyl groups is 1. The zero-order valence-electron chi connectivity index (χ0n) is 9.28. The summed E-state index contributed by atoms with van der Waals surface area (Å²) >= 11 is 0. The Labute approximate surface area is 93.4 Å². The topological polar surface area (TPSA) is 80.7 Å². The van der Waals surface area contributed by atoms with Crippen molar-refractivity contribution in [1.29, 1.82) is 0 Å². The molecule has 0 aromatic rings. The summed E-state index contributed by atoms with van der Waals surface area (Å²) in [5.74, 6) is -3.07. The molecule has 5 heteroatoms. The van der Waals surface area contributed by atoms with E-state index in [4.69, 9.17) is 5.11 Å². The van der Waals surface area contributed by atoms with Crippen molar-refractivity contribution in [3.05, 3.63) is 18.4 Å². The maximum Gasteiger partial charge on any atom is 0.382 e. The molecule has 0 bridgehead atoms. The lowest BCUT2D eigenvalue weighted by molar-refractivity contribution is -0.166. The molecule has 0 saturated carbocycles. The summed E-state index contributed by atoms with van der Waals surface area (Å²) in [6, 6.07) is 0. The molecule has 0 radical (unpaired) electrons. The number of Topliss-reactive ketones (excluding diaryl/α,β-unsaturated/α-hetero) is 1. The largest absolute Gasteiger partial charge is 0.395 e. The van der Waals surface area contributed by atoms with E-state index in [2.05, 4.69) is 17.0 Å². The molecule has 0 aromatic heterocycles. The summed E-state index contributed by atoms with van der Waals surface area (Å²) < 4.78 is 4.15. The highest BCUT2D eigenvalue weighted by Crippen LogP contribution is 2.23. The predicted octanol–water partition coefficient (Wildman–Crippen LogP) is 0.375. The van der Waals surface area contributed by atoms with Gasteiger partial charge in [0.15, 0.2) is 0 Å². The van der Waals surface area contributed by atoms with Crippen LogP contribution < -0.4 is 0 Å². The van der Waals surface area contributed by atoms with Gasteiger partial charge < -0.3 is 9.84 Å². The molecule has 0 rings (SSSR count). The zero-order chi connectivity index (χ0) is 12.8. The first kappa shape index (κ1) is 14.3. The molecule has 0 aliphatic rings. The summed E-state index contributed by atoms with van der Waals surface area (Å²) in [5, 5.41) is 9.08. The van der Waals surface area contributed by atoms with Crippen LogP contribution in [0.4, 0.5) is 0 Å². The predicted molar refractivity (Wildman–Crippen MR) is 55.3 cm³/mol. The van der Waals surface area contributed by atoms with E-state index in [1.807, 2.05) is 0 Å². The van der Waals surface area contributed by atoms with Gasteiger partial charge in [-0.25, -0.2) is 4.79 Å². The Morgan fingerprint density at radius 2 is 2.06 bits per heavy atom. The monoisotopic (exact) mass is 226 g/mol. The zero-order valence-corrected chi connectivity index (χ0v) is 9.28. The Hall–Kier alpha value is -1.71. The van der Waals surface area contributed by atoms with Crippen LogP contribution in [0.2, 0.25) is 0 Å². The molecule has 0 spiro atoms. The Balaban J connectivity index is 4.82. The number of carbonyl (C=O) groups is 3. The number of carbonyl (C=O) groups excluding carboxylic acids is 3. The van der Waals surface area contributed by atoms with E-state index in [-0.39, 0.29) is 6.42 Å². The van der Waals surface area contributed by atoms with E-state index in [1.165, 1.54) is 13.0 Å². The number of hydrogen-bond acceptors (Lipinski definition) is 5. The lowest BCUT2D eigenvalue weighted by Gasteiger charge is -2.21. The van der Waals surface area contributed by atoms with Gasteiger partial charge in [-0.05, 0) is 19.4 Å². The number of allylic oxidation sites excluding steroid dienone is 1. The maximum absolute atomic E-state index is 11.6. The van der Waals surface area contributed by atoms with Gasteiger partial charge in [0, 0.05) is 6.92 Å². The second-order valence-electron chi connectivity index (χ2n) is 3.54. The Bertz CT molecular complexity index is 351. The summed E-state index contributed by atoms with van der Waals surface area (Å²) in [7, 11) is 0. The molecule has 0 aliphatic carbocycles. The third kappa shape index (κ3) is 3.81. The fraction of sp³-hybridized carbons (Fsp3) is 0.455. The number of aliphatic hydroxyl groups excluding tert-OH is 1. The molecule has 1 N–H and O–H groups in total. The molecular formula is C11H14O5. The smallest absolute Gasteiger partial charge is 0.382 e.